The zero-order valence-electron chi connectivity index (χ0n) is 13.7. The van der Waals surface area contributed by atoms with Crippen LogP contribution in [0.3, 0.4) is 0 Å². The van der Waals surface area contributed by atoms with Crippen molar-refractivity contribution in [3.8, 4) is 0 Å². The third-order valence-corrected chi connectivity index (χ3v) is 4.97. The van der Waals surface area contributed by atoms with Crippen molar-refractivity contribution in [3.63, 3.8) is 0 Å². The maximum Gasteiger partial charge on any atom is 0.234 e. The number of amides is 1. The number of hydrogen-bond acceptors (Lipinski definition) is 4. The Bertz CT molecular complexity index is 635. The summed E-state index contributed by atoms with van der Waals surface area (Å²) in [7, 11) is 0. The smallest absolute Gasteiger partial charge is 0.234 e. The van der Waals surface area contributed by atoms with Crippen LogP contribution in [0.4, 0.5) is 0 Å². The second-order valence-corrected chi connectivity index (χ2v) is 7.27. The first kappa shape index (κ1) is 16.1. The van der Waals surface area contributed by atoms with Crippen LogP contribution in [-0.4, -0.2) is 28.4 Å². The minimum absolute atomic E-state index is 0.0348. The second kappa shape index (κ2) is 7.23. The summed E-state index contributed by atoms with van der Waals surface area (Å²) in [5.41, 5.74) is 4.22. The van der Waals surface area contributed by atoms with Crippen molar-refractivity contribution in [2.75, 3.05) is 6.54 Å². The SMILES string of the molecule is Cc1ccc([C@@H](C)NC(=O)CN(Cc2cncs2)C2CC2)cc1. The van der Waals surface area contributed by atoms with Gasteiger partial charge in [0.25, 0.3) is 0 Å². The second-order valence-electron chi connectivity index (χ2n) is 6.30. The minimum atomic E-state index is 0.0348. The molecule has 0 radical (unpaired) electrons. The van der Waals surface area contributed by atoms with Crippen molar-refractivity contribution in [3.05, 3.63) is 52.0 Å². The topological polar surface area (TPSA) is 45.2 Å². The standard InChI is InChI=1S/C18H23N3OS/c1-13-3-5-15(6-4-13)14(2)20-18(22)11-21(16-7-8-16)10-17-9-19-12-23-17/h3-6,9,12,14,16H,7-8,10-11H2,1-2H3,(H,20,22)/t14-/m1/s1. The van der Waals surface area contributed by atoms with Crippen molar-refractivity contribution in [2.24, 2.45) is 0 Å². The minimum Gasteiger partial charge on any atom is -0.348 e. The maximum absolute atomic E-state index is 12.4. The molecular formula is C18H23N3OS. The lowest BCUT2D eigenvalue weighted by Crippen LogP contribution is -2.39. The largest absolute Gasteiger partial charge is 0.348 e. The van der Waals surface area contributed by atoms with Gasteiger partial charge in [-0.05, 0) is 32.3 Å². The first-order valence-electron chi connectivity index (χ1n) is 8.09. The van der Waals surface area contributed by atoms with E-state index >= 15 is 0 Å². The van der Waals surface area contributed by atoms with Gasteiger partial charge in [-0.1, -0.05) is 29.8 Å². The van der Waals surface area contributed by atoms with Crippen LogP contribution in [0.2, 0.25) is 0 Å². The van der Waals surface area contributed by atoms with E-state index in [1.54, 1.807) is 11.3 Å². The molecule has 0 aliphatic heterocycles. The number of benzene rings is 1. The zero-order valence-corrected chi connectivity index (χ0v) is 14.5. The lowest BCUT2D eigenvalue weighted by Gasteiger charge is -2.22. The molecule has 1 aliphatic rings. The molecule has 0 saturated heterocycles. The maximum atomic E-state index is 12.4. The van der Waals surface area contributed by atoms with E-state index < -0.39 is 0 Å². The predicted molar refractivity (Wildman–Crippen MR) is 93.3 cm³/mol. The van der Waals surface area contributed by atoms with E-state index in [9.17, 15) is 4.79 Å². The molecule has 1 aromatic heterocycles. The molecule has 1 heterocycles. The van der Waals surface area contributed by atoms with Crippen LogP contribution in [0.5, 0.6) is 0 Å². The Morgan fingerprint density at radius 3 is 2.74 bits per heavy atom. The molecule has 1 saturated carbocycles. The molecule has 122 valence electrons. The Labute approximate surface area is 141 Å². The molecule has 2 aromatic rings. The molecule has 1 aromatic carbocycles. The average molecular weight is 329 g/mol. The number of thiazole rings is 1. The first-order chi connectivity index (χ1) is 11.1. The number of nitrogens with one attached hydrogen (secondary N) is 1. The van der Waals surface area contributed by atoms with Crippen molar-refractivity contribution >= 4 is 17.2 Å². The van der Waals surface area contributed by atoms with Crippen LogP contribution in [0.15, 0.2) is 36.0 Å². The van der Waals surface area contributed by atoms with Crippen molar-refractivity contribution < 1.29 is 4.79 Å². The number of carbonyl (C=O) groups is 1. The number of carbonyl (C=O) groups excluding carboxylic acids is 1. The Kier molecular flexibility index (Phi) is 5.08. The molecule has 5 heteroatoms. The number of rotatable bonds is 7. The molecule has 0 unspecified atom stereocenters. The van der Waals surface area contributed by atoms with E-state index in [0.29, 0.717) is 12.6 Å². The summed E-state index contributed by atoms with van der Waals surface area (Å²) in [5, 5.41) is 3.12. The highest BCUT2D eigenvalue weighted by Crippen LogP contribution is 2.28. The Balaban J connectivity index is 1.55. The number of aryl methyl sites for hydroxylation is 1. The van der Waals surface area contributed by atoms with Crippen LogP contribution in [0.1, 0.15) is 41.8 Å². The lowest BCUT2D eigenvalue weighted by molar-refractivity contribution is -0.123. The third-order valence-electron chi connectivity index (χ3n) is 4.21. The van der Waals surface area contributed by atoms with Crippen LogP contribution in [0, 0.1) is 6.92 Å². The summed E-state index contributed by atoms with van der Waals surface area (Å²) in [6.45, 7) is 5.38. The van der Waals surface area contributed by atoms with Crippen LogP contribution < -0.4 is 5.32 Å². The summed E-state index contributed by atoms with van der Waals surface area (Å²) < 4.78 is 0. The summed E-state index contributed by atoms with van der Waals surface area (Å²) in [5.74, 6) is 0.0921. The van der Waals surface area contributed by atoms with E-state index in [2.05, 4.69) is 46.4 Å². The Morgan fingerprint density at radius 1 is 1.39 bits per heavy atom. The van der Waals surface area contributed by atoms with E-state index in [4.69, 9.17) is 0 Å². The zero-order chi connectivity index (χ0) is 16.2. The molecule has 0 spiro atoms. The molecule has 1 amide bonds. The first-order valence-corrected chi connectivity index (χ1v) is 8.97. The molecular weight excluding hydrogens is 306 g/mol. The lowest BCUT2D eigenvalue weighted by atomic mass is 10.1. The fourth-order valence-electron chi connectivity index (χ4n) is 2.68. The molecule has 23 heavy (non-hydrogen) atoms. The van der Waals surface area contributed by atoms with Crippen LogP contribution in [-0.2, 0) is 11.3 Å². The molecule has 3 rings (SSSR count). The van der Waals surface area contributed by atoms with Gasteiger partial charge in [-0.2, -0.15) is 0 Å². The molecule has 0 bridgehead atoms. The average Bonchev–Trinajstić information content (AvgIpc) is 3.25. The van der Waals surface area contributed by atoms with Gasteiger partial charge < -0.3 is 5.32 Å². The summed E-state index contributed by atoms with van der Waals surface area (Å²) in [6.07, 6.45) is 4.28. The van der Waals surface area contributed by atoms with E-state index in [-0.39, 0.29) is 11.9 Å². The molecule has 4 nitrogen and oxygen atoms in total. The molecule has 1 atom stereocenters. The summed E-state index contributed by atoms with van der Waals surface area (Å²) in [4.78, 5) is 20.0. The molecule has 1 N–H and O–H groups in total. The predicted octanol–water partition coefficient (Wildman–Crippen LogP) is 3.29. The van der Waals surface area contributed by atoms with Gasteiger partial charge in [0, 0.05) is 23.7 Å². The monoisotopic (exact) mass is 329 g/mol. The Morgan fingerprint density at radius 2 is 2.13 bits per heavy atom. The van der Waals surface area contributed by atoms with Crippen LogP contribution >= 0.6 is 11.3 Å². The molecule has 1 aliphatic carbocycles. The van der Waals surface area contributed by atoms with Gasteiger partial charge in [0.15, 0.2) is 0 Å². The summed E-state index contributed by atoms with van der Waals surface area (Å²) in [6, 6.07) is 8.91. The van der Waals surface area contributed by atoms with Gasteiger partial charge in [-0.3, -0.25) is 14.7 Å². The van der Waals surface area contributed by atoms with Crippen LogP contribution in [0.25, 0.3) is 0 Å². The van der Waals surface area contributed by atoms with Crippen molar-refractivity contribution in [1.82, 2.24) is 15.2 Å². The van der Waals surface area contributed by atoms with Gasteiger partial charge in [-0.15, -0.1) is 11.3 Å². The normalized spacial score (nSPS) is 15.6. The van der Waals surface area contributed by atoms with Crippen molar-refractivity contribution in [2.45, 2.75) is 45.3 Å². The van der Waals surface area contributed by atoms with Gasteiger partial charge in [0.2, 0.25) is 5.91 Å². The third kappa shape index (κ3) is 4.62. The van der Waals surface area contributed by atoms with Gasteiger partial charge in [0.05, 0.1) is 18.1 Å². The fraction of sp³-hybridized carbons (Fsp3) is 0.444. The number of nitrogens with zero attached hydrogens (tertiary/aromatic N) is 2. The van der Waals surface area contributed by atoms with E-state index in [1.165, 1.54) is 23.3 Å². The number of aromatic nitrogens is 1. The Hall–Kier alpha value is -1.72. The highest BCUT2D eigenvalue weighted by molar-refractivity contribution is 7.09. The van der Waals surface area contributed by atoms with E-state index in [1.807, 2.05) is 18.6 Å². The highest BCUT2D eigenvalue weighted by Gasteiger charge is 2.30. The van der Waals surface area contributed by atoms with Gasteiger partial charge >= 0.3 is 0 Å². The fourth-order valence-corrected chi connectivity index (χ4v) is 3.30. The van der Waals surface area contributed by atoms with Gasteiger partial charge in [-0.25, -0.2) is 0 Å². The summed E-state index contributed by atoms with van der Waals surface area (Å²) >= 11 is 1.65. The highest BCUT2D eigenvalue weighted by atomic mass is 32.1. The van der Waals surface area contributed by atoms with Crippen molar-refractivity contribution in [1.29, 1.82) is 0 Å². The molecule has 1 fully saturated rings. The van der Waals surface area contributed by atoms with E-state index in [0.717, 1.165) is 12.1 Å². The van der Waals surface area contributed by atoms with Gasteiger partial charge in [0.1, 0.15) is 0 Å². The quantitative estimate of drug-likeness (QED) is 0.848. The number of hydrogen-bond donors (Lipinski definition) is 1.